The molecule has 0 aliphatic carbocycles. The van der Waals surface area contributed by atoms with Crippen LogP contribution in [0.25, 0.3) is 10.4 Å². The second-order valence-corrected chi connectivity index (χ2v) is 12.5. The highest BCUT2D eigenvalue weighted by Crippen LogP contribution is 2.44. The van der Waals surface area contributed by atoms with E-state index < -0.39 is 32.7 Å². The van der Waals surface area contributed by atoms with Crippen LogP contribution in [0.3, 0.4) is 0 Å². The summed E-state index contributed by atoms with van der Waals surface area (Å²) >= 11 is 0. The van der Waals surface area contributed by atoms with Crippen molar-refractivity contribution in [1.82, 2.24) is 13.9 Å². The number of hydrogen-bond acceptors (Lipinski definition) is 8. The molecule has 0 bridgehead atoms. The number of nitrogens with zero attached hydrogens (tertiary/aromatic N) is 3. The zero-order valence-electron chi connectivity index (χ0n) is 20.4. The van der Waals surface area contributed by atoms with Crippen molar-refractivity contribution in [3.05, 3.63) is 59.0 Å². The summed E-state index contributed by atoms with van der Waals surface area (Å²) in [6.45, 7) is 2.73. The van der Waals surface area contributed by atoms with Gasteiger partial charge in [-0.15, -0.1) is 0 Å². The van der Waals surface area contributed by atoms with Crippen LogP contribution in [0.15, 0.2) is 43.0 Å². The first-order valence-electron chi connectivity index (χ1n) is 11.6. The van der Waals surface area contributed by atoms with Gasteiger partial charge in [-0.25, -0.2) is 22.5 Å². The van der Waals surface area contributed by atoms with E-state index in [9.17, 15) is 28.2 Å². The number of rotatable bonds is 10. The molecule has 0 spiro atoms. The normalized spacial score (nSPS) is 15.6. The summed E-state index contributed by atoms with van der Waals surface area (Å²) in [7, 11) is -3.45. The Balaban J connectivity index is 1.47. The lowest BCUT2D eigenvalue weighted by molar-refractivity contribution is -0.254. The Labute approximate surface area is 217 Å². The van der Waals surface area contributed by atoms with Gasteiger partial charge in [0.2, 0.25) is 19.8 Å². The number of carbonyl (C=O) groups excluding carboxylic acids is 1. The highest BCUT2D eigenvalue weighted by atomic mass is 32.2. The molecule has 1 unspecified atom stereocenters. The van der Waals surface area contributed by atoms with Crippen LogP contribution in [-0.4, -0.2) is 71.3 Å². The van der Waals surface area contributed by atoms with Gasteiger partial charge in [-0.05, 0) is 38.0 Å². The number of aromatic carboxylic acids is 2. The SMILES string of the molecule is CO[s+]1c(C(=O)[O-])c(C(=O)O)c(C)c1-c1cccc(NC2CCN(S(=O)(=O)CCn3ccnc3)CC2)c1. The zero-order valence-corrected chi connectivity index (χ0v) is 22.0. The number of hydrogen-bond donors (Lipinski definition) is 2. The average Bonchev–Trinajstić information content (AvgIpc) is 3.49. The molecule has 0 saturated carbocycles. The maximum atomic E-state index is 12.7. The van der Waals surface area contributed by atoms with Crippen molar-refractivity contribution in [3.8, 4) is 10.4 Å². The summed E-state index contributed by atoms with van der Waals surface area (Å²) in [6, 6.07) is 7.29. The number of imidazole rings is 1. The van der Waals surface area contributed by atoms with Gasteiger partial charge in [-0.3, -0.25) is 0 Å². The minimum absolute atomic E-state index is 0.0135. The number of nitrogens with one attached hydrogen (secondary N) is 1. The monoisotopic (exact) mass is 548 g/mol. The lowest BCUT2D eigenvalue weighted by atomic mass is 10.0. The quantitative estimate of drug-likeness (QED) is 0.360. The van der Waals surface area contributed by atoms with Crippen LogP contribution in [0.2, 0.25) is 0 Å². The largest absolute Gasteiger partial charge is 0.540 e. The molecular formula is C24H28N4O7S2. The number of sulfonamides is 1. The summed E-state index contributed by atoms with van der Waals surface area (Å²) in [4.78, 5) is 27.6. The second-order valence-electron chi connectivity index (χ2n) is 8.70. The lowest BCUT2D eigenvalue weighted by Crippen LogP contribution is -2.43. The Morgan fingerprint density at radius 3 is 2.62 bits per heavy atom. The summed E-state index contributed by atoms with van der Waals surface area (Å²) in [5, 5.41) is 24.8. The number of anilines is 1. The van der Waals surface area contributed by atoms with Crippen molar-refractivity contribution < 1.29 is 32.4 Å². The number of carboxylic acid groups (broad SMARTS) is 2. The van der Waals surface area contributed by atoms with E-state index in [0.29, 0.717) is 48.5 Å². The second kappa shape index (κ2) is 11.0. The van der Waals surface area contributed by atoms with Gasteiger partial charge in [0.15, 0.2) is 10.8 Å². The Kier molecular flexibility index (Phi) is 7.97. The summed E-state index contributed by atoms with van der Waals surface area (Å²) in [5.74, 6) is -2.90. The van der Waals surface area contributed by atoms with Crippen LogP contribution < -0.4 is 14.6 Å². The molecule has 1 aliphatic rings. The molecule has 198 valence electrons. The Bertz CT molecular complexity index is 1390. The summed E-state index contributed by atoms with van der Waals surface area (Å²) in [5.41, 5.74) is 1.42. The van der Waals surface area contributed by atoms with Crippen LogP contribution in [0.5, 0.6) is 0 Å². The van der Waals surface area contributed by atoms with E-state index in [2.05, 4.69) is 10.3 Å². The number of carbonyl (C=O) groups is 2. The maximum Gasteiger partial charge on any atom is 0.341 e. The zero-order chi connectivity index (χ0) is 26.7. The molecule has 1 atom stereocenters. The molecule has 11 nitrogen and oxygen atoms in total. The van der Waals surface area contributed by atoms with Crippen molar-refractivity contribution in [3.63, 3.8) is 0 Å². The predicted molar refractivity (Wildman–Crippen MR) is 137 cm³/mol. The third kappa shape index (κ3) is 5.69. The van der Waals surface area contributed by atoms with Crippen LogP contribution in [0.4, 0.5) is 5.69 Å². The Morgan fingerprint density at radius 2 is 2.03 bits per heavy atom. The molecule has 1 saturated heterocycles. The highest BCUT2D eigenvalue weighted by molar-refractivity contribution is 7.89. The van der Waals surface area contributed by atoms with Gasteiger partial charge in [-0.2, -0.15) is 4.18 Å². The molecule has 1 fully saturated rings. The van der Waals surface area contributed by atoms with E-state index in [1.54, 1.807) is 42.3 Å². The van der Waals surface area contributed by atoms with Crippen molar-refractivity contribution >= 4 is 38.4 Å². The number of thiophene rings is 1. The van der Waals surface area contributed by atoms with Crippen LogP contribution in [-0.2, 0) is 16.6 Å². The third-order valence-corrected chi connectivity index (χ3v) is 10.2. The standard InChI is InChI=1S/C24H28N4O7S2/c1-16-20(23(29)30)22(24(31)32)36(35-2)21(16)17-4-3-5-19(14-17)26-18-6-9-28(10-7-18)37(33,34)13-12-27-11-8-25-15-27/h3-5,8,11,14-15,18,26H,6-7,9-10,12-13H2,1-2H3,(H-,29,30,31,32). The van der Waals surface area contributed by atoms with Crippen LogP contribution >= 0.6 is 10.8 Å². The molecule has 0 amide bonds. The van der Waals surface area contributed by atoms with Gasteiger partial charge in [0.1, 0.15) is 11.5 Å². The minimum atomic E-state index is -3.38. The smallest absolute Gasteiger partial charge is 0.341 e. The molecule has 13 heteroatoms. The van der Waals surface area contributed by atoms with Crippen molar-refractivity contribution in [2.45, 2.75) is 32.4 Å². The fourth-order valence-corrected chi connectivity index (χ4v) is 7.88. The first-order valence-corrected chi connectivity index (χ1v) is 14.4. The summed E-state index contributed by atoms with van der Waals surface area (Å²) in [6.07, 6.45) is 6.19. The fourth-order valence-electron chi connectivity index (χ4n) is 4.58. The molecule has 1 aromatic carbocycles. The van der Waals surface area contributed by atoms with Gasteiger partial charge >= 0.3 is 5.97 Å². The van der Waals surface area contributed by atoms with Gasteiger partial charge in [-0.1, -0.05) is 6.07 Å². The molecule has 37 heavy (non-hydrogen) atoms. The van der Waals surface area contributed by atoms with Gasteiger partial charge < -0.3 is 24.9 Å². The first-order chi connectivity index (χ1) is 17.6. The third-order valence-electron chi connectivity index (χ3n) is 6.39. The highest BCUT2D eigenvalue weighted by Gasteiger charge is 2.37. The number of carboxylic acids is 2. The van der Waals surface area contributed by atoms with E-state index in [1.807, 2.05) is 12.1 Å². The molecule has 0 radical (unpaired) electrons. The van der Waals surface area contributed by atoms with E-state index in [0.717, 1.165) is 5.69 Å². The van der Waals surface area contributed by atoms with Crippen LogP contribution in [0, 0.1) is 6.92 Å². The van der Waals surface area contributed by atoms with Crippen molar-refractivity contribution in [2.24, 2.45) is 0 Å². The van der Waals surface area contributed by atoms with E-state index in [1.165, 1.54) is 11.4 Å². The van der Waals surface area contributed by atoms with E-state index in [4.69, 9.17) is 4.18 Å². The molecular weight excluding hydrogens is 520 g/mol. The average molecular weight is 549 g/mol. The molecule has 4 rings (SSSR count). The number of piperidine rings is 1. The number of benzene rings is 1. The summed E-state index contributed by atoms with van der Waals surface area (Å²) < 4.78 is 34.2. The van der Waals surface area contributed by atoms with Crippen molar-refractivity contribution in [2.75, 3.05) is 31.3 Å². The molecule has 2 aromatic heterocycles. The molecule has 2 N–H and O–H groups in total. The molecule has 1 aliphatic heterocycles. The predicted octanol–water partition coefficient (Wildman–Crippen LogP) is 1.63. The maximum absolute atomic E-state index is 12.7. The Morgan fingerprint density at radius 1 is 1.30 bits per heavy atom. The Hall–Kier alpha value is -3.26. The van der Waals surface area contributed by atoms with Gasteiger partial charge in [0, 0.05) is 54.9 Å². The number of aromatic nitrogens is 2. The fraction of sp³-hybridized carbons (Fsp3) is 0.375. The molecule has 3 heterocycles. The van der Waals surface area contributed by atoms with Crippen molar-refractivity contribution in [1.29, 1.82) is 0 Å². The first kappa shape index (κ1) is 26.8. The van der Waals surface area contributed by atoms with Gasteiger partial charge in [0.05, 0.1) is 19.2 Å². The van der Waals surface area contributed by atoms with Gasteiger partial charge in [0.25, 0.3) is 0 Å². The number of aryl methyl sites for hydroxylation is 1. The lowest BCUT2D eigenvalue weighted by Gasteiger charge is -2.32. The van der Waals surface area contributed by atoms with E-state index in [-0.39, 0.29) is 22.2 Å². The van der Waals surface area contributed by atoms with E-state index >= 15 is 0 Å². The molecule has 3 aromatic rings. The minimum Gasteiger partial charge on any atom is -0.540 e. The van der Waals surface area contributed by atoms with Crippen LogP contribution in [0.1, 0.15) is 38.4 Å². The topological polar surface area (TPSA) is 154 Å².